The number of hydrogen-bond acceptors (Lipinski definition) is 1. The van der Waals surface area contributed by atoms with Gasteiger partial charge in [-0.3, -0.25) is 4.79 Å². The molecule has 3 saturated carbocycles. The van der Waals surface area contributed by atoms with Gasteiger partial charge in [0.05, 0.1) is 25.2 Å². The van der Waals surface area contributed by atoms with E-state index < -0.39 is 5.97 Å². The Kier molecular flexibility index (Phi) is 2.68. The number of aliphatic carboxylic acids is 1. The molecule has 0 unspecified atom stereocenters. The van der Waals surface area contributed by atoms with Crippen LogP contribution in [0.3, 0.4) is 0 Å². The third-order valence-electron chi connectivity index (χ3n) is 5.33. The molecule has 0 heterocycles. The maximum atomic E-state index is 11.0. The molecule has 0 aromatic heterocycles. The van der Waals surface area contributed by atoms with Crippen molar-refractivity contribution in [3.8, 4) is 0 Å². The summed E-state index contributed by atoms with van der Waals surface area (Å²) >= 11 is 0. The molecule has 17 heavy (non-hydrogen) atoms. The van der Waals surface area contributed by atoms with E-state index in [1.807, 2.05) is 0 Å². The molecular weight excluding hydrogens is 212 g/mol. The Balaban J connectivity index is 1.81. The van der Waals surface area contributed by atoms with E-state index >= 15 is 0 Å². The van der Waals surface area contributed by atoms with E-state index in [1.54, 1.807) is 5.92 Å². The van der Waals surface area contributed by atoms with Gasteiger partial charge in [0.25, 0.3) is 0 Å². The van der Waals surface area contributed by atoms with Gasteiger partial charge >= 0.3 is 5.97 Å². The summed E-state index contributed by atoms with van der Waals surface area (Å²) in [5.74, 6) is 3.59. The standard InChI is InChI=1S/C15H20O2/c1-9-2-3-10-7-14-11(4-5-13(9)14)6-12(10)8-15(16)17/h10,12-14H,1-8H2/p+1/t10-,12+,13-,14-/m0/s1. The minimum Gasteiger partial charge on any atom is -0.481 e. The molecule has 92 valence electrons. The zero-order valence-electron chi connectivity index (χ0n) is 10.3. The second-order valence-corrected chi connectivity index (χ2v) is 6.16. The molecule has 2 bridgehead atoms. The van der Waals surface area contributed by atoms with Gasteiger partial charge in [0, 0.05) is 11.8 Å². The zero-order chi connectivity index (χ0) is 12.0. The number of rotatable bonds is 2. The van der Waals surface area contributed by atoms with Gasteiger partial charge < -0.3 is 5.11 Å². The summed E-state index contributed by atoms with van der Waals surface area (Å²) < 4.78 is 0. The van der Waals surface area contributed by atoms with Crippen LogP contribution >= 0.6 is 0 Å². The van der Waals surface area contributed by atoms with Crippen molar-refractivity contribution in [2.75, 3.05) is 0 Å². The Labute approximate surface area is 103 Å². The molecule has 0 aromatic rings. The molecule has 2 nitrogen and oxygen atoms in total. The first-order valence-corrected chi connectivity index (χ1v) is 6.89. The van der Waals surface area contributed by atoms with Crippen LogP contribution in [0.25, 0.3) is 0 Å². The smallest absolute Gasteiger partial charge is 0.303 e. The number of allylic oxidation sites excluding steroid dienone is 1. The normalized spacial score (nSPS) is 40.2. The first-order chi connectivity index (χ1) is 8.15. The molecule has 3 aliphatic carbocycles. The van der Waals surface area contributed by atoms with E-state index in [1.165, 1.54) is 31.3 Å². The minimum absolute atomic E-state index is 0.373. The largest absolute Gasteiger partial charge is 0.481 e. The van der Waals surface area contributed by atoms with E-state index in [-0.39, 0.29) is 0 Å². The highest BCUT2D eigenvalue weighted by Gasteiger charge is 2.54. The van der Waals surface area contributed by atoms with Crippen LogP contribution in [0.4, 0.5) is 0 Å². The van der Waals surface area contributed by atoms with Gasteiger partial charge in [-0.15, -0.1) is 0 Å². The average molecular weight is 233 g/mol. The van der Waals surface area contributed by atoms with Gasteiger partial charge in [-0.25, -0.2) is 0 Å². The highest BCUT2D eigenvalue weighted by atomic mass is 16.4. The van der Waals surface area contributed by atoms with Crippen LogP contribution in [0.2, 0.25) is 0 Å². The fraction of sp³-hybridized carbons (Fsp3) is 0.733. The van der Waals surface area contributed by atoms with Gasteiger partial charge in [-0.2, -0.15) is 0 Å². The second kappa shape index (κ2) is 4.08. The van der Waals surface area contributed by atoms with Crippen molar-refractivity contribution in [2.24, 2.45) is 23.7 Å². The SMILES string of the molecule is C=C1CC[C@H]2C[C@H]3[C+](CC[C@@H]13)C[C@@H]2CC(=O)O. The van der Waals surface area contributed by atoms with Gasteiger partial charge in [-0.1, -0.05) is 12.2 Å². The number of carboxylic acid groups (broad SMARTS) is 1. The predicted molar refractivity (Wildman–Crippen MR) is 66.3 cm³/mol. The summed E-state index contributed by atoms with van der Waals surface area (Å²) in [6, 6.07) is 0. The van der Waals surface area contributed by atoms with Crippen molar-refractivity contribution in [2.45, 2.75) is 44.9 Å². The van der Waals surface area contributed by atoms with Crippen molar-refractivity contribution in [1.29, 1.82) is 0 Å². The van der Waals surface area contributed by atoms with Crippen molar-refractivity contribution >= 4 is 5.97 Å². The third kappa shape index (κ3) is 1.88. The van der Waals surface area contributed by atoms with Crippen molar-refractivity contribution < 1.29 is 9.90 Å². The van der Waals surface area contributed by atoms with E-state index in [9.17, 15) is 4.79 Å². The topological polar surface area (TPSA) is 37.3 Å². The summed E-state index contributed by atoms with van der Waals surface area (Å²) in [6.07, 6.45) is 7.54. The molecule has 3 aliphatic rings. The first-order valence-electron chi connectivity index (χ1n) is 6.89. The van der Waals surface area contributed by atoms with Crippen molar-refractivity contribution in [3.63, 3.8) is 0 Å². The van der Waals surface area contributed by atoms with E-state index in [2.05, 4.69) is 6.58 Å². The lowest BCUT2D eigenvalue weighted by Gasteiger charge is -2.31. The Morgan fingerprint density at radius 1 is 1.47 bits per heavy atom. The third-order valence-corrected chi connectivity index (χ3v) is 5.33. The van der Waals surface area contributed by atoms with Gasteiger partial charge in [0.1, 0.15) is 5.92 Å². The van der Waals surface area contributed by atoms with E-state index in [4.69, 9.17) is 5.11 Å². The molecule has 4 atom stereocenters. The predicted octanol–water partition coefficient (Wildman–Crippen LogP) is 3.44. The van der Waals surface area contributed by atoms with Gasteiger partial charge in [0.2, 0.25) is 0 Å². The molecule has 0 saturated heterocycles. The number of fused-ring (bicyclic) bond motifs is 1. The maximum absolute atomic E-state index is 11.0. The molecule has 0 radical (unpaired) electrons. The van der Waals surface area contributed by atoms with Crippen LogP contribution in [0.5, 0.6) is 0 Å². The van der Waals surface area contributed by atoms with Crippen LogP contribution in [-0.4, -0.2) is 11.1 Å². The average Bonchev–Trinajstić information content (AvgIpc) is 2.61. The maximum Gasteiger partial charge on any atom is 0.303 e. The van der Waals surface area contributed by atoms with Crippen LogP contribution < -0.4 is 0 Å². The molecule has 3 rings (SSSR count). The summed E-state index contributed by atoms with van der Waals surface area (Å²) in [5.41, 5.74) is 1.45. The quantitative estimate of drug-likeness (QED) is 0.586. The lowest BCUT2D eigenvalue weighted by molar-refractivity contribution is -0.138. The molecular formula is C15H21O2+. The Hall–Kier alpha value is -0.920. The Bertz CT molecular complexity index is 347. The minimum atomic E-state index is -0.619. The highest BCUT2D eigenvalue weighted by Crippen LogP contribution is 2.57. The highest BCUT2D eigenvalue weighted by molar-refractivity contribution is 5.67. The van der Waals surface area contributed by atoms with Crippen LogP contribution in [-0.2, 0) is 4.79 Å². The molecule has 0 aliphatic heterocycles. The first kappa shape index (κ1) is 11.2. The van der Waals surface area contributed by atoms with E-state index in [0.717, 1.165) is 24.7 Å². The van der Waals surface area contributed by atoms with Crippen molar-refractivity contribution in [1.82, 2.24) is 0 Å². The monoisotopic (exact) mass is 233 g/mol. The number of carbonyl (C=O) groups is 1. The second-order valence-electron chi connectivity index (χ2n) is 6.16. The lowest BCUT2D eigenvalue weighted by atomic mass is 9.67. The molecule has 0 spiro atoms. The van der Waals surface area contributed by atoms with Gasteiger partial charge in [-0.05, 0) is 31.6 Å². The summed E-state index contributed by atoms with van der Waals surface area (Å²) in [6.45, 7) is 4.27. The Morgan fingerprint density at radius 2 is 2.29 bits per heavy atom. The Morgan fingerprint density at radius 3 is 3.06 bits per heavy atom. The van der Waals surface area contributed by atoms with Crippen LogP contribution in [0.15, 0.2) is 12.2 Å². The van der Waals surface area contributed by atoms with Crippen LogP contribution in [0, 0.1) is 29.6 Å². The van der Waals surface area contributed by atoms with Crippen LogP contribution in [0.1, 0.15) is 44.9 Å². The fourth-order valence-electron chi connectivity index (χ4n) is 4.48. The zero-order valence-corrected chi connectivity index (χ0v) is 10.3. The van der Waals surface area contributed by atoms with Crippen molar-refractivity contribution in [3.05, 3.63) is 18.1 Å². The molecule has 3 fully saturated rings. The number of hydrogen-bond donors (Lipinski definition) is 1. The lowest BCUT2D eigenvalue weighted by Crippen LogP contribution is -2.30. The molecule has 0 aromatic carbocycles. The molecule has 0 amide bonds. The fourth-order valence-corrected chi connectivity index (χ4v) is 4.48. The summed E-state index contributed by atoms with van der Waals surface area (Å²) in [5, 5.41) is 9.03. The van der Waals surface area contributed by atoms with Gasteiger partial charge in [0.15, 0.2) is 0 Å². The number of carboxylic acids is 1. The summed E-state index contributed by atoms with van der Waals surface area (Å²) in [4.78, 5) is 11.0. The summed E-state index contributed by atoms with van der Waals surface area (Å²) in [7, 11) is 0. The molecule has 2 heteroatoms. The molecule has 1 N–H and O–H groups in total. The van der Waals surface area contributed by atoms with E-state index in [0.29, 0.717) is 18.3 Å².